The van der Waals surface area contributed by atoms with Crippen LogP contribution in [0.4, 0.5) is 24.5 Å². The zero-order valence-corrected chi connectivity index (χ0v) is 15.8. The molecule has 0 aliphatic rings. The van der Waals surface area contributed by atoms with Crippen molar-refractivity contribution in [2.75, 3.05) is 5.32 Å². The number of alkyl halides is 3. The summed E-state index contributed by atoms with van der Waals surface area (Å²) in [5, 5.41) is 8.32. The number of imidazole rings is 1. The number of aromatic nitrogens is 2. The van der Waals surface area contributed by atoms with Crippen molar-refractivity contribution in [2.24, 2.45) is 12.2 Å². The molecule has 3 rings (SSSR count). The highest BCUT2D eigenvalue weighted by atomic mass is 32.2. The van der Waals surface area contributed by atoms with Crippen LogP contribution in [0.25, 0.3) is 11.3 Å². The Bertz CT molecular complexity index is 1120. The van der Waals surface area contributed by atoms with E-state index >= 15 is 0 Å². The van der Waals surface area contributed by atoms with E-state index in [4.69, 9.17) is 5.14 Å². The topological polar surface area (TPSA) is 90.0 Å². The summed E-state index contributed by atoms with van der Waals surface area (Å²) in [7, 11) is -2.19. The number of aryl methyl sites for hydroxylation is 1. The Labute approximate surface area is 159 Å². The van der Waals surface area contributed by atoms with Gasteiger partial charge in [-0.15, -0.1) is 0 Å². The monoisotopic (exact) mass is 410 g/mol. The zero-order chi connectivity index (χ0) is 20.7. The molecule has 0 saturated heterocycles. The fourth-order valence-electron chi connectivity index (χ4n) is 2.88. The Morgan fingerprint density at radius 3 is 2.25 bits per heavy atom. The molecule has 6 nitrogen and oxygen atoms in total. The Kier molecular flexibility index (Phi) is 4.94. The summed E-state index contributed by atoms with van der Waals surface area (Å²) in [5.41, 5.74) is 1.52. The Balaban J connectivity index is 2.09. The summed E-state index contributed by atoms with van der Waals surface area (Å²) >= 11 is 0. The summed E-state index contributed by atoms with van der Waals surface area (Å²) in [5.74, 6) is 0. The molecule has 2 aromatic carbocycles. The molecule has 0 radical (unpaired) electrons. The second-order valence-corrected chi connectivity index (χ2v) is 7.81. The smallest absolute Gasteiger partial charge is 0.355 e. The molecule has 0 fully saturated rings. The zero-order valence-electron chi connectivity index (χ0n) is 14.9. The van der Waals surface area contributed by atoms with Gasteiger partial charge in [-0.2, -0.15) is 13.2 Å². The normalized spacial score (nSPS) is 12.2. The van der Waals surface area contributed by atoms with E-state index in [9.17, 15) is 21.6 Å². The number of hydrogen-bond acceptors (Lipinski definition) is 4. The van der Waals surface area contributed by atoms with Gasteiger partial charge >= 0.3 is 6.18 Å². The van der Waals surface area contributed by atoms with Crippen LogP contribution in [0.15, 0.2) is 53.8 Å². The van der Waals surface area contributed by atoms with Gasteiger partial charge in [-0.3, -0.25) is 0 Å². The molecule has 0 amide bonds. The highest BCUT2D eigenvalue weighted by molar-refractivity contribution is 7.89. The van der Waals surface area contributed by atoms with Crippen LogP contribution in [-0.4, -0.2) is 18.0 Å². The fourth-order valence-corrected chi connectivity index (χ4v) is 3.66. The summed E-state index contributed by atoms with van der Waals surface area (Å²) in [6.07, 6.45) is -1.17. The molecular weight excluding hydrogens is 393 g/mol. The van der Waals surface area contributed by atoms with Crippen molar-refractivity contribution in [2.45, 2.75) is 18.0 Å². The van der Waals surface area contributed by atoms with Gasteiger partial charge in [-0.05, 0) is 48.9 Å². The first-order valence-corrected chi connectivity index (χ1v) is 9.60. The standard InChI is InChI=1S/C18H17F3N4O2S/c1-11-16(28(22,26)27)8-7-14(17(11)15-9-25(2)10-23-15)24-13-5-3-12(4-6-13)18(19,20)21/h3-10,24H,1-2H3,(H2,22,26,27). The van der Waals surface area contributed by atoms with E-state index in [0.29, 0.717) is 28.2 Å². The van der Waals surface area contributed by atoms with E-state index in [1.165, 1.54) is 24.3 Å². The minimum atomic E-state index is -4.43. The minimum Gasteiger partial charge on any atom is -0.355 e. The van der Waals surface area contributed by atoms with Gasteiger partial charge < -0.3 is 9.88 Å². The van der Waals surface area contributed by atoms with Gasteiger partial charge in [0, 0.05) is 30.2 Å². The fraction of sp³-hybridized carbons (Fsp3) is 0.167. The summed E-state index contributed by atoms with van der Waals surface area (Å²) in [6.45, 7) is 1.60. The first-order valence-electron chi connectivity index (χ1n) is 8.06. The average molecular weight is 410 g/mol. The van der Waals surface area contributed by atoms with Crippen LogP contribution in [0.5, 0.6) is 0 Å². The van der Waals surface area contributed by atoms with Crippen molar-refractivity contribution in [1.82, 2.24) is 9.55 Å². The molecule has 148 valence electrons. The highest BCUT2D eigenvalue weighted by Crippen LogP contribution is 2.36. The molecule has 0 atom stereocenters. The van der Waals surface area contributed by atoms with E-state index in [-0.39, 0.29) is 4.90 Å². The van der Waals surface area contributed by atoms with Crippen molar-refractivity contribution < 1.29 is 21.6 Å². The second kappa shape index (κ2) is 6.95. The van der Waals surface area contributed by atoms with Gasteiger partial charge in [0.25, 0.3) is 0 Å². The molecule has 0 aliphatic heterocycles. The van der Waals surface area contributed by atoms with Crippen molar-refractivity contribution >= 4 is 21.4 Å². The third-order valence-electron chi connectivity index (χ3n) is 4.17. The van der Waals surface area contributed by atoms with Crippen LogP contribution in [-0.2, 0) is 23.2 Å². The predicted octanol–water partition coefficient (Wildman–Crippen LogP) is 3.81. The lowest BCUT2D eigenvalue weighted by atomic mass is 10.0. The van der Waals surface area contributed by atoms with Gasteiger partial charge in [0.2, 0.25) is 10.0 Å². The lowest BCUT2D eigenvalue weighted by Crippen LogP contribution is -2.14. The van der Waals surface area contributed by atoms with Gasteiger partial charge in [0.05, 0.1) is 22.5 Å². The molecule has 0 bridgehead atoms. The third-order valence-corrected chi connectivity index (χ3v) is 5.23. The Hall–Kier alpha value is -2.85. The van der Waals surface area contributed by atoms with Crippen molar-refractivity contribution in [3.05, 3.63) is 60.0 Å². The summed E-state index contributed by atoms with van der Waals surface area (Å²) in [6, 6.07) is 7.39. The van der Waals surface area contributed by atoms with Crippen LogP contribution in [0, 0.1) is 6.92 Å². The SMILES string of the molecule is Cc1c(S(N)(=O)=O)ccc(Nc2ccc(C(F)(F)F)cc2)c1-c1cn(C)cn1. The molecule has 1 heterocycles. The maximum Gasteiger partial charge on any atom is 0.416 e. The van der Waals surface area contributed by atoms with Crippen LogP contribution in [0.1, 0.15) is 11.1 Å². The van der Waals surface area contributed by atoms with Crippen LogP contribution in [0.3, 0.4) is 0 Å². The number of sulfonamides is 1. The van der Waals surface area contributed by atoms with E-state index in [2.05, 4.69) is 10.3 Å². The molecule has 1 aromatic heterocycles. The predicted molar refractivity (Wildman–Crippen MR) is 99.5 cm³/mol. The van der Waals surface area contributed by atoms with Gasteiger partial charge in [0.15, 0.2) is 0 Å². The van der Waals surface area contributed by atoms with E-state index < -0.39 is 21.8 Å². The second-order valence-electron chi connectivity index (χ2n) is 6.28. The van der Waals surface area contributed by atoms with Crippen LogP contribution < -0.4 is 10.5 Å². The first-order chi connectivity index (χ1) is 13.0. The molecule has 10 heteroatoms. The quantitative estimate of drug-likeness (QED) is 0.685. The largest absolute Gasteiger partial charge is 0.416 e. The van der Waals surface area contributed by atoms with Crippen LogP contribution in [0.2, 0.25) is 0 Å². The summed E-state index contributed by atoms with van der Waals surface area (Å²) < 4.78 is 63.7. The van der Waals surface area contributed by atoms with E-state index in [1.54, 1.807) is 31.1 Å². The molecule has 0 spiro atoms. The molecule has 0 saturated carbocycles. The number of anilines is 2. The van der Waals surface area contributed by atoms with Crippen molar-refractivity contribution in [3.63, 3.8) is 0 Å². The number of halogens is 3. The van der Waals surface area contributed by atoms with Gasteiger partial charge in [-0.25, -0.2) is 18.5 Å². The average Bonchev–Trinajstić information content (AvgIpc) is 2.99. The number of nitrogens with zero attached hydrogens (tertiary/aromatic N) is 2. The maximum absolute atomic E-state index is 12.7. The van der Waals surface area contributed by atoms with Gasteiger partial charge in [0.1, 0.15) is 0 Å². The minimum absolute atomic E-state index is 0.0499. The number of rotatable bonds is 4. The first kappa shape index (κ1) is 19.9. The number of primary sulfonamides is 1. The number of hydrogen-bond donors (Lipinski definition) is 2. The third kappa shape index (κ3) is 4.02. The van der Waals surface area contributed by atoms with Crippen molar-refractivity contribution in [3.8, 4) is 11.3 Å². The van der Waals surface area contributed by atoms with E-state index in [0.717, 1.165) is 12.1 Å². The molecule has 0 aliphatic carbocycles. The number of nitrogens with one attached hydrogen (secondary N) is 1. The molecule has 3 N–H and O–H groups in total. The Morgan fingerprint density at radius 1 is 1.11 bits per heavy atom. The number of benzene rings is 2. The van der Waals surface area contributed by atoms with Crippen molar-refractivity contribution in [1.29, 1.82) is 0 Å². The molecule has 3 aromatic rings. The van der Waals surface area contributed by atoms with E-state index in [1.807, 2.05) is 0 Å². The lowest BCUT2D eigenvalue weighted by molar-refractivity contribution is -0.137. The molecule has 28 heavy (non-hydrogen) atoms. The number of nitrogens with two attached hydrogens (primary N) is 1. The molecular formula is C18H17F3N4O2S. The highest BCUT2D eigenvalue weighted by Gasteiger charge is 2.30. The molecule has 0 unspecified atom stereocenters. The van der Waals surface area contributed by atoms with Gasteiger partial charge in [-0.1, -0.05) is 0 Å². The lowest BCUT2D eigenvalue weighted by Gasteiger charge is -2.16. The maximum atomic E-state index is 12.7. The van der Waals surface area contributed by atoms with Crippen LogP contribution >= 0.6 is 0 Å². The summed E-state index contributed by atoms with van der Waals surface area (Å²) in [4.78, 5) is 4.21. The Morgan fingerprint density at radius 2 is 1.75 bits per heavy atom.